The molecule has 2 unspecified atom stereocenters. The number of amides is 1. The topological polar surface area (TPSA) is 95.9 Å². The van der Waals surface area contributed by atoms with Gasteiger partial charge < -0.3 is 20.3 Å². The van der Waals surface area contributed by atoms with Gasteiger partial charge in [0.2, 0.25) is 5.91 Å². The van der Waals surface area contributed by atoms with E-state index in [-0.39, 0.29) is 18.5 Å². The fourth-order valence-corrected chi connectivity index (χ4v) is 13.9. The quantitative estimate of drug-likeness (QED) is 0.0320. The first-order chi connectivity index (χ1) is 45.0. The van der Waals surface area contributed by atoms with Crippen molar-refractivity contribution in [2.75, 3.05) is 13.2 Å². The van der Waals surface area contributed by atoms with Crippen LogP contribution in [0.5, 0.6) is 0 Å². The summed E-state index contributed by atoms with van der Waals surface area (Å²) in [6, 6.07) is -0.624. The van der Waals surface area contributed by atoms with Crippen molar-refractivity contribution in [1.82, 2.24) is 5.32 Å². The van der Waals surface area contributed by atoms with Gasteiger partial charge in [-0.05, 0) is 32.1 Å². The van der Waals surface area contributed by atoms with Crippen LogP contribution in [0.15, 0.2) is 12.2 Å². The molecule has 0 heterocycles. The molecule has 0 aliphatic heterocycles. The van der Waals surface area contributed by atoms with Crippen molar-refractivity contribution in [2.45, 2.75) is 508 Å². The lowest BCUT2D eigenvalue weighted by Crippen LogP contribution is -2.45. The summed E-state index contributed by atoms with van der Waals surface area (Å²) in [6.45, 7) is 4.97. The summed E-state index contributed by atoms with van der Waals surface area (Å²) >= 11 is 0. The third-order valence-corrected chi connectivity index (χ3v) is 20.3. The lowest BCUT2D eigenvalue weighted by atomic mass is 10.0. The molecule has 0 aromatic carbocycles. The Balaban J connectivity index is 3.31. The van der Waals surface area contributed by atoms with Crippen LogP contribution in [-0.4, -0.2) is 47.4 Å². The van der Waals surface area contributed by atoms with E-state index in [4.69, 9.17) is 4.74 Å². The second-order valence-corrected chi connectivity index (χ2v) is 29.5. The lowest BCUT2D eigenvalue weighted by Gasteiger charge is -2.20. The van der Waals surface area contributed by atoms with Crippen molar-refractivity contribution in [3.05, 3.63) is 12.2 Å². The molecule has 0 saturated carbocycles. The van der Waals surface area contributed by atoms with Gasteiger partial charge >= 0.3 is 5.97 Å². The highest BCUT2D eigenvalue weighted by Gasteiger charge is 2.18. The lowest BCUT2D eigenvalue weighted by molar-refractivity contribution is -0.143. The predicted molar refractivity (Wildman–Crippen MR) is 403 cm³/mol. The maximum Gasteiger partial charge on any atom is 0.305 e. The van der Waals surface area contributed by atoms with Crippen LogP contribution < -0.4 is 5.32 Å². The molecule has 91 heavy (non-hydrogen) atoms. The highest BCUT2D eigenvalue weighted by atomic mass is 16.5. The summed E-state index contributed by atoms with van der Waals surface area (Å²) in [5, 5.41) is 23.3. The molecule has 0 radical (unpaired) electrons. The SMILES string of the molecule is CCCCCCCCCCCCCCCCCCCCC/C=C/C(O)C(CO)NC(=O)CCCCCCCCCCCCCCCCCCCCCCCCCCCCCCCCCCCCCCCCCOC(=O)CCCCCCCCCCCCCCCC. The summed E-state index contributed by atoms with van der Waals surface area (Å²) in [6.07, 6.45) is 104. The molecule has 0 rings (SSSR count). The van der Waals surface area contributed by atoms with E-state index < -0.39 is 12.1 Å². The minimum atomic E-state index is -0.841. The molecule has 2 atom stereocenters. The number of hydrogen-bond donors (Lipinski definition) is 3. The standard InChI is InChI=1S/C85H167NO5/c1-3-5-7-9-11-13-15-17-19-20-21-41-44-47-50-53-57-61-65-69-73-77-83(88)82(81-87)86-84(89)78-74-70-66-62-58-54-51-48-45-42-39-37-35-33-31-29-27-25-23-22-24-26-28-30-32-34-36-38-40-43-46-49-52-56-60-64-68-72-76-80-91-85(90)79-75-71-67-63-59-55-18-16-14-12-10-8-6-4-2/h73,77,82-83,87-88H,3-72,74-76,78-81H2,1-2H3,(H,86,89)/b77-73+. The van der Waals surface area contributed by atoms with Gasteiger partial charge in [-0.25, -0.2) is 0 Å². The van der Waals surface area contributed by atoms with Gasteiger partial charge in [-0.3, -0.25) is 9.59 Å². The Bertz CT molecular complexity index is 1380. The molecule has 3 N–H and O–H groups in total. The Morgan fingerprint density at radius 3 is 0.747 bits per heavy atom. The molecule has 0 aliphatic carbocycles. The molecule has 0 bridgehead atoms. The van der Waals surface area contributed by atoms with Crippen LogP contribution in [0.3, 0.4) is 0 Å². The van der Waals surface area contributed by atoms with E-state index in [0.29, 0.717) is 19.4 Å². The average Bonchev–Trinajstić information content (AvgIpc) is 3.65. The second kappa shape index (κ2) is 81.0. The largest absolute Gasteiger partial charge is 0.466 e. The number of aliphatic hydroxyl groups is 2. The van der Waals surface area contributed by atoms with Crippen LogP contribution in [0, 0.1) is 0 Å². The van der Waals surface area contributed by atoms with Crippen molar-refractivity contribution in [3.8, 4) is 0 Å². The molecule has 1 amide bonds. The van der Waals surface area contributed by atoms with E-state index in [1.807, 2.05) is 6.08 Å². The highest BCUT2D eigenvalue weighted by Crippen LogP contribution is 2.21. The third-order valence-electron chi connectivity index (χ3n) is 20.3. The number of carbonyl (C=O) groups excluding carboxylic acids is 2. The number of unbranched alkanes of at least 4 members (excludes halogenated alkanes) is 70. The molecule has 0 aliphatic rings. The number of carbonyl (C=O) groups is 2. The smallest absolute Gasteiger partial charge is 0.305 e. The molecular weight excluding hydrogens is 1110 g/mol. The first-order valence-electron chi connectivity index (χ1n) is 42.5. The van der Waals surface area contributed by atoms with Crippen LogP contribution in [0.2, 0.25) is 0 Å². The summed E-state index contributed by atoms with van der Waals surface area (Å²) in [7, 11) is 0. The highest BCUT2D eigenvalue weighted by molar-refractivity contribution is 5.76. The average molecular weight is 1280 g/mol. The molecule has 6 nitrogen and oxygen atoms in total. The van der Waals surface area contributed by atoms with Crippen molar-refractivity contribution in [3.63, 3.8) is 0 Å². The fraction of sp³-hybridized carbons (Fsp3) is 0.953. The third kappa shape index (κ3) is 77.5. The second-order valence-electron chi connectivity index (χ2n) is 29.5. The summed E-state index contributed by atoms with van der Waals surface area (Å²) in [5.74, 6) is -0.0289. The van der Waals surface area contributed by atoms with E-state index in [1.54, 1.807) is 6.08 Å². The monoisotopic (exact) mass is 1280 g/mol. The Hall–Kier alpha value is -1.40. The number of esters is 1. The van der Waals surface area contributed by atoms with Crippen molar-refractivity contribution >= 4 is 11.9 Å². The van der Waals surface area contributed by atoms with E-state index >= 15 is 0 Å². The number of nitrogens with one attached hydrogen (secondary N) is 1. The van der Waals surface area contributed by atoms with Gasteiger partial charge in [-0.1, -0.05) is 463 Å². The normalized spacial score (nSPS) is 12.4. The van der Waals surface area contributed by atoms with Gasteiger partial charge in [0.15, 0.2) is 0 Å². The zero-order valence-corrected chi connectivity index (χ0v) is 62.4. The zero-order chi connectivity index (χ0) is 65.6. The van der Waals surface area contributed by atoms with E-state index in [0.717, 1.165) is 38.5 Å². The Morgan fingerprint density at radius 2 is 0.505 bits per heavy atom. The number of allylic oxidation sites excluding steroid dienone is 1. The molecule has 0 aromatic rings. The molecule has 542 valence electrons. The molecule has 0 fully saturated rings. The predicted octanol–water partition coefficient (Wildman–Crippen LogP) is 28.2. The van der Waals surface area contributed by atoms with Crippen molar-refractivity contribution in [1.29, 1.82) is 0 Å². The maximum absolute atomic E-state index is 12.6. The van der Waals surface area contributed by atoms with Gasteiger partial charge in [-0.2, -0.15) is 0 Å². The Labute approximate surface area is 571 Å². The molecule has 6 heteroatoms. The first kappa shape index (κ1) is 89.6. The summed E-state index contributed by atoms with van der Waals surface area (Å²) < 4.78 is 5.51. The van der Waals surface area contributed by atoms with Crippen molar-refractivity contribution in [2.24, 2.45) is 0 Å². The van der Waals surface area contributed by atoms with E-state index in [2.05, 4.69) is 19.2 Å². The van der Waals surface area contributed by atoms with Crippen LogP contribution in [0.1, 0.15) is 495 Å². The van der Waals surface area contributed by atoms with Gasteiger partial charge in [0.25, 0.3) is 0 Å². The Kier molecular flexibility index (Phi) is 79.8. The number of rotatable bonds is 81. The molecular formula is C85H167NO5. The molecule has 0 aromatic heterocycles. The van der Waals surface area contributed by atoms with E-state index in [9.17, 15) is 19.8 Å². The zero-order valence-electron chi connectivity index (χ0n) is 62.4. The molecule has 0 saturated heterocycles. The van der Waals surface area contributed by atoms with Gasteiger partial charge in [-0.15, -0.1) is 0 Å². The van der Waals surface area contributed by atoms with Crippen LogP contribution in [0.4, 0.5) is 0 Å². The van der Waals surface area contributed by atoms with Gasteiger partial charge in [0, 0.05) is 12.8 Å². The minimum Gasteiger partial charge on any atom is -0.466 e. The minimum absolute atomic E-state index is 0.0274. The van der Waals surface area contributed by atoms with Gasteiger partial charge in [0.1, 0.15) is 0 Å². The summed E-state index contributed by atoms with van der Waals surface area (Å²) in [4.78, 5) is 24.6. The number of hydrogen-bond acceptors (Lipinski definition) is 5. The number of ether oxygens (including phenoxy) is 1. The fourth-order valence-electron chi connectivity index (χ4n) is 13.9. The first-order valence-corrected chi connectivity index (χ1v) is 42.5. The Morgan fingerprint density at radius 1 is 0.297 bits per heavy atom. The van der Waals surface area contributed by atoms with Gasteiger partial charge in [0.05, 0.1) is 25.4 Å². The summed E-state index contributed by atoms with van der Waals surface area (Å²) in [5.41, 5.74) is 0. The molecule has 0 spiro atoms. The number of aliphatic hydroxyl groups excluding tert-OH is 2. The maximum atomic E-state index is 12.6. The van der Waals surface area contributed by atoms with Crippen molar-refractivity contribution < 1.29 is 24.5 Å². The van der Waals surface area contributed by atoms with Crippen LogP contribution in [-0.2, 0) is 14.3 Å². The van der Waals surface area contributed by atoms with E-state index in [1.165, 1.54) is 430 Å². The van der Waals surface area contributed by atoms with Crippen LogP contribution >= 0.6 is 0 Å². The van der Waals surface area contributed by atoms with Crippen LogP contribution in [0.25, 0.3) is 0 Å².